The normalized spacial score (nSPS) is 14.3. The fourth-order valence-corrected chi connectivity index (χ4v) is 13.9. The van der Waals surface area contributed by atoms with E-state index < -0.39 is 0 Å². The molecule has 1 aromatic heterocycles. The molecule has 0 unspecified atom stereocenters. The molecule has 5 heteroatoms. The lowest BCUT2D eigenvalue weighted by atomic mass is 9.33. The summed E-state index contributed by atoms with van der Waals surface area (Å²) in [6.07, 6.45) is 0. The zero-order valence-electron chi connectivity index (χ0n) is 51.5. The number of nitrogens with zero attached hydrogens (tertiary/aromatic N) is 3. The third-order valence-electron chi connectivity index (χ3n) is 18.7. The van der Waals surface area contributed by atoms with E-state index in [1.165, 1.54) is 83.6 Å². The number of anilines is 9. The first-order valence-corrected chi connectivity index (χ1v) is 30.3. The van der Waals surface area contributed by atoms with Crippen molar-refractivity contribution in [2.45, 2.75) is 124 Å². The van der Waals surface area contributed by atoms with E-state index in [9.17, 15) is 0 Å². The number of benzene rings is 10. The maximum absolute atomic E-state index is 6.44. The van der Waals surface area contributed by atoms with Crippen molar-refractivity contribution in [2.24, 2.45) is 0 Å². The quantitative estimate of drug-likeness (QED) is 0.155. The SMILES string of the molecule is CC(C)(C)c1ccc(N(c2ccc(C(C)(C)C)cc2)c2ccc3c(c2)N(c2ccc(-c4cccc5oc6ccccc6c45)cc2)c2cc(C(C)(C)C)cc4c2B3c2cc(C(C)(C)C)ccc2N4c2ccc3c(c2)C(C)(C)c2ccccc2-3)cc1. The minimum Gasteiger partial charge on any atom is -0.456 e. The molecule has 14 rings (SSSR count). The summed E-state index contributed by atoms with van der Waals surface area (Å²) in [6.45, 7) is 32.6. The Morgan fingerprint density at radius 1 is 0.381 bits per heavy atom. The number of hydrogen-bond donors (Lipinski definition) is 0. The number of para-hydroxylation sites is 1. The summed E-state index contributed by atoms with van der Waals surface area (Å²) in [5.74, 6) is 0. The second kappa shape index (κ2) is 18.7. The van der Waals surface area contributed by atoms with E-state index in [0.29, 0.717) is 0 Å². The first-order chi connectivity index (χ1) is 39.9. The molecule has 11 aromatic rings. The van der Waals surface area contributed by atoms with Crippen LogP contribution < -0.4 is 31.1 Å². The fraction of sp³-hybridized carbons (Fsp3) is 0.241. The molecule has 1 aliphatic carbocycles. The fourth-order valence-electron chi connectivity index (χ4n) is 13.9. The van der Waals surface area contributed by atoms with Gasteiger partial charge in [0.25, 0.3) is 6.71 Å². The van der Waals surface area contributed by atoms with Gasteiger partial charge in [0.05, 0.1) is 0 Å². The van der Waals surface area contributed by atoms with Gasteiger partial charge in [-0.05, 0) is 185 Å². The maximum Gasteiger partial charge on any atom is 0.252 e. The molecule has 0 atom stereocenters. The van der Waals surface area contributed by atoms with Gasteiger partial charge < -0.3 is 19.1 Å². The minimum absolute atomic E-state index is 0.0122. The zero-order chi connectivity index (χ0) is 58.6. The van der Waals surface area contributed by atoms with Crippen LogP contribution in [0.5, 0.6) is 0 Å². The predicted molar refractivity (Wildman–Crippen MR) is 360 cm³/mol. The Kier molecular flexibility index (Phi) is 11.9. The smallest absolute Gasteiger partial charge is 0.252 e. The molecule has 0 saturated heterocycles. The molecule has 0 radical (unpaired) electrons. The average Bonchev–Trinajstić information content (AvgIpc) is 0.900. The van der Waals surface area contributed by atoms with Crippen LogP contribution in [-0.2, 0) is 27.1 Å². The van der Waals surface area contributed by atoms with Gasteiger partial charge in [-0.15, -0.1) is 0 Å². The third kappa shape index (κ3) is 8.55. The third-order valence-corrected chi connectivity index (χ3v) is 18.7. The van der Waals surface area contributed by atoms with Crippen LogP contribution in [0, 0.1) is 0 Å². The second-order valence-corrected chi connectivity index (χ2v) is 28.7. The Morgan fingerprint density at radius 2 is 0.917 bits per heavy atom. The van der Waals surface area contributed by atoms with Crippen LogP contribution in [0.4, 0.5) is 51.2 Å². The Morgan fingerprint density at radius 3 is 1.56 bits per heavy atom. The Labute approximate surface area is 498 Å². The summed E-state index contributed by atoms with van der Waals surface area (Å²) in [5, 5.41) is 2.27. The summed E-state index contributed by atoms with van der Waals surface area (Å²) >= 11 is 0. The molecule has 3 aliphatic rings. The van der Waals surface area contributed by atoms with Crippen molar-refractivity contribution in [3.05, 3.63) is 240 Å². The standard InChI is InChI=1S/C79H76BN3O/c1-75(2,3)50-28-35-54(36-29-50)81(55-37-30-51(31-38-55)76(4,5)6)58-40-42-65-68(48-58)82(56-33-26-49(27-34-56)59-22-19-25-72-73(59)62-21-16-18-24-71(62)84-72)69-45-53(78(10,11)12)46-70-74(69)80(65)66-44-52(77(7,8)9)32-43-67(66)83(70)57-39-41-61-60-20-15-17-23-63(60)79(13,14)64(61)47-57/h15-48H,1-14H3. The molecule has 4 nitrogen and oxygen atoms in total. The van der Waals surface area contributed by atoms with Gasteiger partial charge in [0, 0.05) is 67.4 Å². The van der Waals surface area contributed by atoms with Crippen LogP contribution in [0.2, 0.25) is 0 Å². The molecule has 0 spiro atoms. The minimum atomic E-state index is -0.191. The number of furan rings is 1. The van der Waals surface area contributed by atoms with Gasteiger partial charge in [-0.1, -0.05) is 212 Å². The molecule has 84 heavy (non-hydrogen) atoms. The van der Waals surface area contributed by atoms with E-state index in [1.54, 1.807) is 0 Å². The molecular formula is C79H76BN3O. The van der Waals surface area contributed by atoms with Crippen molar-refractivity contribution in [3.8, 4) is 22.3 Å². The zero-order valence-corrected chi connectivity index (χ0v) is 51.5. The van der Waals surface area contributed by atoms with Gasteiger partial charge in [0.15, 0.2) is 0 Å². The highest BCUT2D eigenvalue weighted by molar-refractivity contribution is 7.00. The van der Waals surface area contributed by atoms with Gasteiger partial charge in [-0.2, -0.15) is 0 Å². The first-order valence-electron chi connectivity index (χ1n) is 30.3. The molecule has 0 amide bonds. The molecule has 416 valence electrons. The van der Waals surface area contributed by atoms with Crippen LogP contribution in [0.3, 0.4) is 0 Å². The van der Waals surface area contributed by atoms with Gasteiger partial charge in [-0.3, -0.25) is 0 Å². The molecule has 3 heterocycles. The van der Waals surface area contributed by atoms with Gasteiger partial charge in [0.2, 0.25) is 0 Å². The molecule has 0 bridgehead atoms. The lowest BCUT2D eigenvalue weighted by Gasteiger charge is -2.46. The Balaban J connectivity index is 1.04. The largest absolute Gasteiger partial charge is 0.456 e. The first kappa shape index (κ1) is 53.5. The average molecular weight is 1090 g/mol. The molecular weight excluding hydrogens is 1020 g/mol. The number of fused-ring (bicyclic) bond motifs is 10. The molecule has 2 aliphatic heterocycles. The van der Waals surface area contributed by atoms with E-state index >= 15 is 0 Å². The van der Waals surface area contributed by atoms with Gasteiger partial charge >= 0.3 is 0 Å². The molecule has 0 N–H and O–H groups in total. The Bertz CT molecular complexity index is 4380. The van der Waals surface area contributed by atoms with Crippen LogP contribution in [0.15, 0.2) is 211 Å². The van der Waals surface area contributed by atoms with Crippen LogP contribution in [0.25, 0.3) is 44.2 Å². The summed E-state index contributed by atoms with van der Waals surface area (Å²) in [6, 6.07) is 78.8. The van der Waals surface area contributed by atoms with E-state index in [2.05, 4.69) is 318 Å². The summed E-state index contributed by atoms with van der Waals surface area (Å²) < 4.78 is 6.44. The summed E-state index contributed by atoms with van der Waals surface area (Å²) in [5.41, 5.74) is 28.6. The number of hydrogen-bond acceptors (Lipinski definition) is 4. The molecule has 0 saturated carbocycles. The van der Waals surface area contributed by atoms with Crippen LogP contribution >= 0.6 is 0 Å². The summed E-state index contributed by atoms with van der Waals surface area (Å²) in [7, 11) is 0. The van der Waals surface area contributed by atoms with Crippen molar-refractivity contribution in [1.82, 2.24) is 0 Å². The molecule has 10 aromatic carbocycles. The van der Waals surface area contributed by atoms with E-state index in [1.807, 2.05) is 0 Å². The van der Waals surface area contributed by atoms with Gasteiger partial charge in [0.1, 0.15) is 11.2 Å². The van der Waals surface area contributed by atoms with Crippen molar-refractivity contribution in [3.63, 3.8) is 0 Å². The van der Waals surface area contributed by atoms with Crippen molar-refractivity contribution in [1.29, 1.82) is 0 Å². The van der Waals surface area contributed by atoms with Crippen molar-refractivity contribution in [2.75, 3.05) is 14.7 Å². The highest BCUT2D eigenvalue weighted by Gasteiger charge is 2.46. The maximum atomic E-state index is 6.44. The van der Waals surface area contributed by atoms with Crippen molar-refractivity contribution < 1.29 is 4.42 Å². The predicted octanol–water partition coefficient (Wildman–Crippen LogP) is 20.3. The molecule has 0 fully saturated rings. The van der Waals surface area contributed by atoms with E-state index in [0.717, 1.165) is 61.5 Å². The lowest BCUT2D eigenvalue weighted by Crippen LogP contribution is -2.61. The lowest BCUT2D eigenvalue weighted by molar-refractivity contribution is 0.590. The Hall–Kier alpha value is -8.54. The monoisotopic (exact) mass is 1090 g/mol. The topological polar surface area (TPSA) is 22.9 Å². The van der Waals surface area contributed by atoms with Gasteiger partial charge in [-0.25, -0.2) is 0 Å². The number of rotatable bonds is 6. The van der Waals surface area contributed by atoms with Crippen LogP contribution in [0.1, 0.15) is 130 Å². The van der Waals surface area contributed by atoms with Crippen molar-refractivity contribution >= 4 is 96.2 Å². The summed E-state index contributed by atoms with van der Waals surface area (Å²) in [4.78, 5) is 7.68. The highest BCUT2D eigenvalue weighted by atomic mass is 16.3. The van der Waals surface area contributed by atoms with Crippen LogP contribution in [-0.4, -0.2) is 6.71 Å². The van der Waals surface area contributed by atoms with E-state index in [-0.39, 0.29) is 33.8 Å². The highest BCUT2D eigenvalue weighted by Crippen LogP contribution is 2.53. The van der Waals surface area contributed by atoms with E-state index in [4.69, 9.17) is 4.42 Å². The second-order valence-electron chi connectivity index (χ2n) is 28.7.